The normalized spacial score (nSPS) is 25.3. The molecule has 1 aliphatic carbocycles. The van der Waals surface area contributed by atoms with Crippen molar-refractivity contribution in [2.45, 2.75) is 63.7 Å². The van der Waals surface area contributed by atoms with Gasteiger partial charge < -0.3 is 34.2 Å². The molecule has 0 aromatic rings. The van der Waals surface area contributed by atoms with Crippen LogP contribution in [0.2, 0.25) is 0 Å². The van der Waals surface area contributed by atoms with E-state index in [2.05, 4.69) is 42.6 Å². The molecule has 13 nitrogen and oxygen atoms in total. The molecule has 1 amide bonds. The van der Waals surface area contributed by atoms with Crippen molar-refractivity contribution in [3.8, 4) is 11.8 Å². The summed E-state index contributed by atoms with van der Waals surface area (Å²) in [4.78, 5) is 52.3. The second kappa shape index (κ2) is 13.7. The van der Waals surface area contributed by atoms with Crippen LogP contribution in [0.4, 0.5) is 0 Å². The Hall–Kier alpha value is -0.510. The number of hydrogen-bond acceptors (Lipinski definition) is 9. The molecule has 17 heteroatoms. The van der Waals surface area contributed by atoms with Gasteiger partial charge in [-0.25, -0.2) is 13.4 Å². The average Bonchev–Trinajstić information content (AvgIpc) is 3.17. The van der Waals surface area contributed by atoms with Crippen molar-refractivity contribution in [2.75, 3.05) is 13.2 Å². The van der Waals surface area contributed by atoms with Crippen molar-refractivity contribution in [2.24, 2.45) is 10.9 Å². The number of nitrogens with one attached hydrogen (secondary N) is 1. The Bertz CT molecular complexity index is 925. The molecule has 4 atom stereocenters. The van der Waals surface area contributed by atoms with E-state index in [4.69, 9.17) is 19.0 Å². The van der Waals surface area contributed by atoms with Crippen LogP contribution in [-0.4, -0.2) is 57.2 Å². The number of hydrogen-bond donors (Lipinski definition) is 5. The lowest BCUT2D eigenvalue weighted by Gasteiger charge is -2.20. The lowest BCUT2D eigenvalue weighted by atomic mass is 9.89. The molecule has 2 fully saturated rings. The van der Waals surface area contributed by atoms with Gasteiger partial charge in [-0.05, 0) is 37.5 Å². The van der Waals surface area contributed by atoms with Gasteiger partial charge in [0.25, 0.3) is 0 Å². The number of nitrogens with zero attached hydrogens (tertiary/aromatic N) is 1. The fourth-order valence-electron chi connectivity index (χ4n) is 3.40. The standard InChI is InChI=1S/C17H29N2O11P3S/c20-17(14-7-3-1-4-8-14)19-12-6-2-5-11-18-16-10-9-15(28-16)13-27-33(26,34)30-32(24,25)29-31(21,22)23/h11,14-16H,1,3-4,6-10,12-13H2,(H,19,20)(H,24,25)(H,26,34)(H2,21,22,23)/t15-,16+,33?/m0/s1. The molecule has 0 aromatic carbocycles. The Morgan fingerprint density at radius 3 is 2.50 bits per heavy atom. The Balaban J connectivity index is 1.64. The first-order valence-corrected chi connectivity index (χ1v) is 16.2. The predicted octanol–water partition coefficient (Wildman–Crippen LogP) is 2.11. The molecule has 2 aliphatic rings. The highest BCUT2D eigenvalue weighted by atomic mass is 32.5. The summed E-state index contributed by atoms with van der Waals surface area (Å²) in [6.45, 7) is -4.17. The topological polar surface area (TPSA) is 193 Å². The Labute approximate surface area is 202 Å². The van der Waals surface area contributed by atoms with Gasteiger partial charge in [-0.3, -0.25) is 9.79 Å². The number of carbonyl (C=O) groups excluding carboxylic acids is 1. The number of aliphatic imine (C=N–C) groups is 1. The van der Waals surface area contributed by atoms with Gasteiger partial charge in [0.1, 0.15) is 6.23 Å². The monoisotopic (exact) mass is 562 g/mol. The first-order chi connectivity index (χ1) is 15.9. The second-order valence-corrected chi connectivity index (χ2v) is 13.5. The zero-order valence-corrected chi connectivity index (χ0v) is 21.7. The van der Waals surface area contributed by atoms with Crippen LogP contribution < -0.4 is 5.32 Å². The maximum absolute atomic E-state index is 12.0. The third-order valence-electron chi connectivity index (χ3n) is 4.86. The molecule has 0 spiro atoms. The van der Waals surface area contributed by atoms with Gasteiger partial charge in [0.05, 0.1) is 18.9 Å². The molecule has 2 unspecified atom stereocenters. The van der Waals surface area contributed by atoms with Gasteiger partial charge in [0.15, 0.2) is 0 Å². The molecule has 1 saturated heterocycles. The van der Waals surface area contributed by atoms with Gasteiger partial charge in [-0.1, -0.05) is 31.1 Å². The van der Waals surface area contributed by atoms with Crippen LogP contribution in [0.1, 0.15) is 51.4 Å². The quantitative estimate of drug-likeness (QED) is 0.107. The van der Waals surface area contributed by atoms with E-state index in [1.54, 1.807) is 0 Å². The van der Waals surface area contributed by atoms with Gasteiger partial charge >= 0.3 is 22.4 Å². The van der Waals surface area contributed by atoms with Crippen molar-refractivity contribution in [3.63, 3.8) is 0 Å². The van der Waals surface area contributed by atoms with E-state index < -0.39 is 34.7 Å². The van der Waals surface area contributed by atoms with E-state index in [-0.39, 0.29) is 18.4 Å². The van der Waals surface area contributed by atoms with Crippen LogP contribution in [0.5, 0.6) is 0 Å². The van der Waals surface area contributed by atoms with E-state index >= 15 is 0 Å². The van der Waals surface area contributed by atoms with Crippen molar-refractivity contribution in [1.82, 2.24) is 5.32 Å². The Morgan fingerprint density at radius 2 is 1.82 bits per heavy atom. The average molecular weight is 562 g/mol. The van der Waals surface area contributed by atoms with Gasteiger partial charge in [0, 0.05) is 18.9 Å². The number of rotatable bonds is 11. The van der Waals surface area contributed by atoms with Crippen molar-refractivity contribution in [3.05, 3.63) is 0 Å². The van der Waals surface area contributed by atoms with E-state index in [1.165, 1.54) is 12.6 Å². The van der Waals surface area contributed by atoms with Crippen molar-refractivity contribution >= 4 is 46.3 Å². The molecule has 1 saturated carbocycles. The maximum Gasteiger partial charge on any atom is 0.488 e. The molecule has 1 heterocycles. The van der Waals surface area contributed by atoms with E-state index in [1.807, 2.05) is 0 Å². The highest BCUT2D eigenvalue weighted by Gasteiger charge is 2.39. The number of carbonyl (C=O) groups is 1. The molecule has 0 radical (unpaired) electrons. The van der Waals surface area contributed by atoms with Gasteiger partial charge in [0.2, 0.25) is 5.91 Å². The SMILES string of the molecule is O=C(NCCC#CC=N[C@H]1CC[C@@H](COP(O)(=S)OP(=O)(O)OP(=O)(O)O)O1)C1CCCCC1. The lowest BCUT2D eigenvalue weighted by molar-refractivity contribution is -0.125. The van der Waals surface area contributed by atoms with E-state index in [9.17, 15) is 23.7 Å². The minimum absolute atomic E-state index is 0.0951. The van der Waals surface area contributed by atoms with Crippen LogP contribution in [0.3, 0.4) is 0 Å². The zero-order valence-electron chi connectivity index (χ0n) is 18.2. The molecule has 34 heavy (non-hydrogen) atoms. The van der Waals surface area contributed by atoms with Crippen LogP contribution in [0.25, 0.3) is 0 Å². The molecule has 1 aliphatic heterocycles. The summed E-state index contributed by atoms with van der Waals surface area (Å²) in [5.41, 5.74) is 0. The summed E-state index contributed by atoms with van der Waals surface area (Å²) in [6.07, 6.45) is 7.15. The smallest absolute Gasteiger partial charge is 0.355 e. The minimum atomic E-state index is -5.36. The Kier molecular flexibility index (Phi) is 12.0. The van der Waals surface area contributed by atoms with Crippen LogP contribution in [0, 0.1) is 17.8 Å². The van der Waals surface area contributed by atoms with Crippen molar-refractivity contribution in [1.29, 1.82) is 0 Å². The first kappa shape index (κ1) is 29.7. The summed E-state index contributed by atoms with van der Waals surface area (Å²) in [5, 5.41) is 2.90. The third-order valence-corrected chi connectivity index (χ3v) is 9.58. The molecular weight excluding hydrogens is 533 g/mol. The van der Waals surface area contributed by atoms with Crippen LogP contribution in [-0.2, 0) is 43.6 Å². The maximum atomic E-state index is 12.0. The summed E-state index contributed by atoms with van der Waals surface area (Å²) < 4.78 is 40.3. The van der Waals surface area contributed by atoms with Gasteiger partial charge in [-0.2, -0.15) is 4.31 Å². The summed E-state index contributed by atoms with van der Waals surface area (Å²) in [5.74, 6) is 5.87. The second-order valence-electron chi connectivity index (χ2n) is 7.65. The number of ether oxygens (including phenoxy) is 1. The summed E-state index contributed by atoms with van der Waals surface area (Å²) in [6, 6.07) is 0. The zero-order chi connectivity index (χ0) is 25.2. The van der Waals surface area contributed by atoms with Crippen LogP contribution >= 0.6 is 22.4 Å². The molecule has 2 rings (SSSR count). The van der Waals surface area contributed by atoms with E-state index in [0.29, 0.717) is 25.8 Å². The molecule has 5 N–H and O–H groups in total. The van der Waals surface area contributed by atoms with Crippen LogP contribution in [0.15, 0.2) is 4.99 Å². The van der Waals surface area contributed by atoms with E-state index in [0.717, 1.165) is 25.7 Å². The Morgan fingerprint density at radius 1 is 1.12 bits per heavy atom. The minimum Gasteiger partial charge on any atom is -0.355 e. The summed E-state index contributed by atoms with van der Waals surface area (Å²) in [7, 11) is -10.7. The number of amides is 1. The fraction of sp³-hybridized carbons (Fsp3) is 0.765. The number of phosphoric acid groups is 2. The predicted molar refractivity (Wildman–Crippen MR) is 125 cm³/mol. The third kappa shape index (κ3) is 12.5. The fourth-order valence-corrected chi connectivity index (χ4v) is 7.39. The highest BCUT2D eigenvalue weighted by molar-refractivity contribution is 8.08. The molecule has 194 valence electrons. The molecular formula is C17H29N2O11P3S. The lowest BCUT2D eigenvalue weighted by Crippen LogP contribution is -2.32. The first-order valence-electron chi connectivity index (χ1n) is 10.6. The summed E-state index contributed by atoms with van der Waals surface area (Å²) >= 11 is 4.55. The molecule has 0 aromatic heterocycles. The molecule has 0 bridgehead atoms. The van der Waals surface area contributed by atoms with Gasteiger partial charge in [-0.15, -0.1) is 0 Å². The van der Waals surface area contributed by atoms with Crippen molar-refractivity contribution < 1.29 is 51.4 Å². The largest absolute Gasteiger partial charge is 0.488 e. The highest BCUT2D eigenvalue weighted by Crippen LogP contribution is 2.66.